The number of imidazole rings is 1. The average Bonchev–Trinajstić information content (AvgIpc) is 3.81. The smallest absolute Gasteiger partial charge is 0.252 e. The summed E-state index contributed by atoms with van der Waals surface area (Å²) in [6.45, 7) is 6.35. The van der Waals surface area contributed by atoms with E-state index in [0.29, 0.717) is 45.6 Å². The van der Waals surface area contributed by atoms with Gasteiger partial charge in [-0.3, -0.25) is 14.7 Å². The molecule has 13 heteroatoms. The summed E-state index contributed by atoms with van der Waals surface area (Å²) in [6.07, 6.45) is 2.47. The third-order valence-corrected chi connectivity index (χ3v) is 8.69. The lowest BCUT2D eigenvalue weighted by atomic mass is 9.84. The van der Waals surface area contributed by atoms with Crippen LogP contribution in [-0.4, -0.2) is 48.8 Å². The van der Waals surface area contributed by atoms with Gasteiger partial charge in [-0.15, -0.1) is 11.3 Å². The first-order chi connectivity index (χ1) is 21.1. The number of amides is 2. The maximum atomic E-state index is 13.5. The molecule has 0 radical (unpaired) electrons. The molecule has 4 aromatic heterocycles. The zero-order valence-corrected chi connectivity index (χ0v) is 26.2. The summed E-state index contributed by atoms with van der Waals surface area (Å²) < 4.78 is 7.44. The topological polar surface area (TPSA) is 144 Å². The van der Waals surface area contributed by atoms with E-state index in [9.17, 15) is 9.59 Å². The molecule has 0 aliphatic carbocycles. The predicted molar refractivity (Wildman–Crippen MR) is 170 cm³/mol. The van der Waals surface area contributed by atoms with Crippen LogP contribution in [0.1, 0.15) is 60.2 Å². The van der Waals surface area contributed by atoms with Gasteiger partial charge in [-0.05, 0) is 35.1 Å². The summed E-state index contributed by atoms with van der Waals surface area (Å²) in [5.74, 6) is 1.06. The fourth-order valence-electron chi connectivity index (χ4n) is 5.23. The Morgan fingerprint density at radius 2 is 2.00 bits per heavy atom. The Labute approximate surface area is 262 Å². The standard InChI is InChI=1S/C31H31ClN8O3S/c1-31(2,3)25(14-27(41)34-16-28-37-26(39-43-28)11-19-6-5-9-44-19)40-24-13-21(32)20(30(42)33-4)12-23(24)36-29(40)17-7-8-18-15-35-38-22(18)10-17/h5-10,12-13,15,25H,11,14,16H2,1-4H3,(H,33,42)(H,34,41)(H,35,38)/t25-/m0/s1. The van der Waals surface area contributed by atoms with Gasteiger partial charge in [-0.2, -0.15) is 10.1 Å². The number of nitrogens with one attached hydrogen (secondary N) is 3. The van der Waals surface area contributed by atoms with Gasteiger partial charge in [0, 0.05) is 41.8 Å². The average molecular weight is 631 g/mol. The molecule has 44 heavy (non-hydrogen) atoms. The zero-order valence-electron chi connectivity index (χ0n) is 24.6. The minimum atomic E-state index is -0.387. The van der Waals surface area contributed by atoms with Crippen LogP contribution in [-0.2, 0) is 17.8 Å². The third-order valence-electron chi connectivity index (χ3n) is 7.50. The molecule has 0 spiro atoms. The molecule has 0 aliphatic heterocycles. The third kappa shape index (κ3) is 5.95. The largest absolute Gasteiger partial charge is 0.355 e. The van der Waals surface area contributed by atoms with Gasteiger partial charge in [-0.25, -0.2) is 4.98 Å². The molecule has 0 aliphatic rings. The number of thiophene rings is 1. The first kappa shape index (κ1) is 29.5. The summed E-state index contributed by atoms with van der Waals surface area (Å²) in [6, 6.07) is 13.0. The fourth-order valence-corrected chi connectivity index (χ4v) is 6.17. The highest BCUT2D eigenvalue weighted by Crippen LogP contribution is 2.41. The van der Waals surface area contributed by atoms with Crippen molar-refractivity contribution in [3.05, 3.63) is 81.2 Å². The van der Waals surface area contributed by atoms with Crippen LogP contribution in [0.3, 0.4) is 0 Å². The van der Waals surface area contributed by atoms with Gasteiger partial charge in [0.1, 0.15) is 5.82 Å². The van der Waals surface area contributed by atoms with E-state index in [4.69, 9.17) is 21.1 Å². The van der Waals surface area contributed by atoms with Crippen molar-refractivity contribution in [2.24, 2.45) is 5.41 Å². The lowest BCUT2D eigenvalue weighted by Crippen LogP contribution is -2.32. The predicted octanol–water partition coefficient (Wildman–Crippen LogP) is 5.92. The molecule has 4 heterocycles. The second-order valence-corrected chi connectivity index (χ2v) is 13.0. The van der Waals surface area contributed by atoms with Crippen LogP contribution in [0.4, 0.5) is 0 Å². The summed E-state index contributed by atoms with van der Waals surface area (Å²) in [5, 5.41) is 20.1. The van der Waals surface area contributed by atoms with Gasteiger partial charge >= 0.3 is 0 Å². The maximum Gasteiger partial charge on any atom is 0.252 e. The van der Waals surface area contributed by atoms with Crippen molar-refractivity contribution >= 4 is 56.7 Å². The van der Waals surface area contributed by atoms with Crippen LogP contribution in [0.15, 0.2) is 58.6 Å². The Hall–Kier alpha value is -4.55. The Morgan fingerprint density at radius 3 is 2.75 bits per heavy atom. The zero-order chi connectivity index (χ0) is 31.0. The lowest BCUT2D eigenvalue weighted by Gasteiger charge is -2.33. The van der Waals surface area contributed by atoms with Crippen LogP contribution in [0, 0.1) is 5.41 Å². The normalized spacial score (nSPS) is 12.6. The number of nitrogens with zero attached hydrogens (tertiary/aromatic N) is 5. The second-order valence-electron chi connectivity index (χ2n) is 11.6. The molecule has 226 valence electrons. The molecule has 6 aromatic rings. The van der Waals surface area contributed by atoms with Crippen molar-refractivity contribution in [2.45, 2.75) is 46.2 Å². The Kier molecular flexibility index (Phi) is 7.95. The van der Waals surface area contributed by atoms with Gasteiger partial charge in [0.25, 0.3) is 5.91 Å². The van der Waals surface area contributed by atoms with Gasteiger partial charge in [-0.1, -0.05) is 55.7 Å². The van der Waals surface area contributed by atoms with Crippen molar-refractivity contribution in [3.63, 3.8) is 0 Å². The van der Waals surface area contributed by atoms with Crippen LogP contribution >= 0.6 is 22.9 Å². The van der Waals surface area contributed by atoms with E-state index in [1.54, 1.807) is 36.7 Å². The quantitative estimate of drug-likeness (QED) is 0.180. The number of aromatic amines is 1. The van der Waals surface area contributed by atoms with E-state index in [1.165, 1.54) is 0 Å². The van der Waals surface area contributed by atoms with Crippen LogP contribution in [0.25, 0.3) is 33.3 Å². The SMILES string of the molecule is CNC(=O)c1cc2nc(-c3ccc4cn[nH]c4c3)n([C@@H](CC(=O)NCc3nc(Cc4cccs4)no3)C(C)(C)C)c2cc1Cl. The minimum absolute atomic E-state index is 0.114. The molecule has 0 fully saturated rings. The van der Waals surface area contributed by atoms with Crippen molar-refractivity contribution in [1.29, 1.82) is 0 Å². The molecule has 11 nitrogen and oxygen atoms in total. The Morgan fingerprint density at radius 1 is 1.16 bits per heavy atom. The summed E-state index contributed by atoms with van der Waals surface area (Å²) in [5.41, 5.74) is 2.92. The van der Waals surface area contributed by atoms with E-state index in [2.05, 4.69) is 56.3 Å². The van der Waals surface area contributed by atoms with Gasteiger partial charge in [0.15, 0.2) is 5.82 Å². The molecule has 2 aromatic carbocycles. The fraction of sp³-hybridized carbons (Fsp3) is 0.290. The summed E-state index contributed by atoms with van der Waals surface area (Å²) >= 11 is 8.27. The highest BCUT2D eigenvalue weighted by molar-refractivity contribution is 7.09. The first-order valence-corrected chi connectivity index (χ1v) is 15.3. The van der Waals surface area contributed by atoms with E-state index in [-0.39, 0.29) is 36.2 Å². The Bertz CT molecular complexity index is 1970. The van der Waals surface area contributed by atoms with Crippen molar-refractivity contribution < 1.29 is 14.1 Å². The molecule has 0 saturated heterocycles. The molecule has 3 N–H and O–H groups in total. The van der Waals surface area contributed by atoms with E-state index in [0.717, 1.165) is 21.3 Å². The number of benzene rings is 2. The second kappa shape index (κ2) is 11.9. The summed E-state index contributed by atoms with van der Waals surface area (Å²) in [4.78, 5) is 36.6. The molecular weight excluding hydrogens is 600 g/mol. The molecule has 0 saturated carbocycles. The molecular formula is C31H31ClN8O3S. The van der Waals surface area contributed by atoms with Crippen LogP contribution < -0.4 is 10.6 Å². The lowest BCUT2D eigenvalue weighted by molar-refractivity contribution is -0.122. The van der Waals surface area contributed by atoms with Crippen LogP contribution in [0.5, 0.6) is 0 Å². The maximum absolute atomic E-state index is 13.5. The number of fused-ring (bicyclic) bond motifs is 2. The number of hydrogen-bond acceptors (Lipinski definition) is 8. The molecule has 6 rings (SSSR count). The monoisotopic (exact) mass is 630 g/mol. The van der Waals surface area contributed by atoms with E-state index >= 15 is 0 Å². The number of rotatable bonds is 9. The number of H-pyrrole nitrogens is 1. The number of aromatic nitrogens is 6. The molecule has 0 bridgehead atoms. The molecule has 2 amide bonds. The highest BCUT2D eigenvalue weighted by Gasteiger charge is 2.33. The van der Waals surface area contributed by atoms with Gasteiger partial charge in [0.2, 0.25) is 11.8 Å². The molecule has 1 atom stereocenters. The van der Waals surface area contributed by atoms with Gasteiger partial charge < -0.3 is 19.7 Å². The minimum Gasteiger partial charge on any atom is -0.355 e. The van der Waals surface area contributed by atoms with Crippen molar-refractivity contribution in [2.75, 3.05) is 7.05 Å². The van der Waals surface area contributed by atoms with Crippen molar-refractivity contribution in [3.8, 4) is 11.4 Å². The van der Waals surface area contributed by atoms with Crippen LogP contribution in [0.2, 0.25) is 5.02 Å². The number of carbonyl (C=O) groups is 2. The Balaban J connectivity index is 1.34. The number of carbonyl (C=O) groups excluding carboxylic acids is 2. The van der Waals surface area contributed by atoms with E-state index < -0.39 is 0 Å². The van der Waals surface area contributed by atoms with Gasteiger partial charge in [0.05, 0.1) is 39.9 Å². The van der Waals surface area contributed by atoms with Crippen molar-refractivity contribution in [1.82, 2.24) is 40.5 Å². The van der Waals surface area contributed by atoms with E-state index in [1.807, 2.05) is 35.7 Å². The number of halogens is 1. The summed E-state index contributed by atoms with van der Waals surface area (Å²) in [7, 11) is 1.56. The first-order valence-electron chi connectivity index (χ1n) is 14.1. The molecule has 0 unspecified atom stereocenters. The highest BCUT2D eigenvalue weighted by atomic mass is 35.5. The number of hydrogen-bond donors (Lipinski definition) is 3.